The molecule has 1 saturated carbocycles. The molecule has 1 aromatic rings. The van der Waals surface area contributed by atoms with Gasteiger partial charge in [-0.3, -0.25) is 9.69 Å². The molecule has 2 unspecified atom stereocenters. The minimum absolute atomic E-state index is 0.0589. The van der Waals surface area contributed by atoms with Gasteiger partial charge in [0.15, 0.2) is 6.10 Å². The van der Waals surface area contributed by atoms with E-state index in [0.717, 1.165) is 30.8 Å². The van der Waals surface area contributed by atoms with Crippen LogP contribution < -0.4 is 9.64 Å². The highest BCUT2D eigenvalue weighted by molar-refractivity contribution is 5.87. The van der Waals surface area contributed by atoms with Crippen molar-refractivity contribution in [3.8, 4) is 5.75 Å². The van der Waals surface area contributed by atoms with Gasteiger partial charge >= 0.3 is 11.9 Å². The number of ether oxygens (including phenoxy) is 3. The van der Waals surface area contributed by atoms with Gasteiger partial charge in [-0.15, -0.1) is 0 Å². The number of esters is 2. The van der Waals surface area contributed by atoms with E-state index < -0.39 is 40.5 Å². The van der Waals surface area contributed by atoms with Crippen molar-refractivity contribution in [2.45, 2.75) is 55.9 Å². The molecule has 4 aliphatic rings. The molecule has 6 atom stereocenters. The van der Waals surface area contributed by atoms with E-state index in [-0.39, 0.29) is 6.04 Å². The summed E-state index contributed by atoms with van der Waals surface area (Å²) in [5.41, 5.74) is -1.41. The lowest BCUT2D eigenvalue weighted by Gasteiger charge is -2.63. The maximum atomic E-state index is 13.5. The van der Waals surface area contributed by atoms with Gasteiger partial charge in [-0.25, -0.2) is 4.79 Å². The first-order valence-electron chi connectivity index (χ1n) is 11.5. The summed E-state index contributed by atoms with van der Waals surface area (Å²) in [6.07, 6.45) is 4.40. The standard InChI is InChI=1S/C25H32N2O6/c1-6-23-10-7-12-27-13-11-24(19(23)27)17-9-8-16(31-4)14-18(17)26(3)20(24)25(30,22(29)32-5)21(23)33-15(2)28/h7-10,14,19-21,30H,6,11-13H2,1-5H3/t19?,20-,21-,23-,24-,25?/m1/s1. The first-order valence-corrected chi connectivity index (χ1v) is 11.5. The highest BCUT2D eigenvalue weighted by atomic mass is 16.6. The van der Waals surface area contributed by atoms with Crippen LogP contribution in [0.2, 0.25) is 0 Å². The van der Waals surface area contributed by atoms with Gasteiger partial charge < -0.3 is 24.2 Å². The number of likely N-dealkylation sites (N-methyl/N-ethyl adjacent to an activating group) is 1. The number of methoxy groups -OCH3 is 2. The van der Waals surface area contributed by atoms with Gasteiger partial charge in [0.05, 0.1) is 20.3 Å². The summed E-state index contributed by atoms with van der Waals surface area (Å²) in [6, 6.07) is 5.22. The Kier molecular flexibility index (Phi) is 4.85. The van der Waals surface area contributed by atoms with Crippen LogP contribution in [0.25, 0.3) is 0 Å². The molecule has 1 aromatic carbocycles. The minimum atomic E-state index is -2.08. The lowest BCUT2D eigenvalue weighted by Crippen LogP contribution is -2.81. The van der Waals surface area contributed by atoms with Crippen LogP contribution >= 0.6 is 0 Å². The Morgan fingerprint density at radius 2 is 2.00 bits per heavy atom. The van der Waals surface area contributed by atoms with E-state index in [4.69, 9.17) is 14.2 Å². The van der Waals surface area contributed by atoms with E-state index in [1.54, 1.807) is 7.11 Å². The maximum Gasteiger partial charge on any atom is 0.344 e. The van der Waals surface area contributed by atoms with E-state index in [1.807, 2.05) is 31.0 Å². The molecule has 0 aromatic heterocycles. The zero-order chi connectivity index (χ0) is 23.8. The number of carbonyl (C=O) groups is 2. The van der Waals surface area contributed by atoms with Gasteiger partial charge in [0.25, 0.3) is 0 Å². The third-order valence-corrected chi connectivity index (χ3v) is 8.62. The molecule has 33 heavy (non-hydrogen) atoms. The van der Waals surface area contributed by atoms with Gasteiger partial charge in [0.1, 0.15) is 5.75 Å². The monoisotopic (exact) mass is 456 g/mol. The zero-order valence-corrected chi connectivity index (χ0v) is 19.8. The zero-order valence-electron chi connectivity index (χ0n) is 19.8. The van der Waals surface area contributed by atoms with Crippen molar-refractivity contribution >= 4 is 17.6 Å². The Morgan fingerprint density at radius 1 is 1.24 bits per heavy atom. The van der Waals surface area contributed by atoms with Crippen molar-refractivity contribution in [1.29, 1.82) is 0 Å². The van der Waals surface area contributed by atoms with Crippen LogP contribution in [-0.2, 0) is 24.5 Å². The number of fused-ring (bicyclic) bond motifs is 1. The van der Waals surface area contributed by atoms with Gasteiger partial charge in [0, 0.05) is 49.1 Å². The Labute approximate surface area is 194 Å². The smallest absolute Gasteiger partial charge is 0.344 e. The molecule has 1 saturated heterocycles. The lowest BCUT2D eigenvalue weighted by molar-refractivity contribution is -0.228. The number of benzene rings is 1. The van der Waals surface area contributed by atoms with Gasteiger partial charge in [-0.1, -0.05) is 25.1 Å². The van der Waals surface area contributed by atoms with Crippen LogP contribution in [0.15, 0.2) is 30.4 Å². The van der Waals surface area contributed by atoms with Crippen LogP contribution in [0.4, 0.5) is 5.69 Å². The number of rotatable bonds is 4. The van der Waals surface area contributed by atoms with Crippen LogP contribution in [0, 0.1) is 5.41 Å². The molecule has 1 aliphatic carbocycles. The van der Waals surface area contributed by atoms with Crippen molar-refractivity contribution in [3.05, 3.63) is 35.9 Å². The van der Waals surface area contributed by atoms with E-state index in [1.165, 1.54) is 14.0 Å². The molecule has 8 heteroatoms. The van der Waals surface area contributed by atoms with Crippen LogP contribution in [0.5, 0.6) is 5.75 Å². The molecule has 1 N–H and O–H groups in total. The highest BCUT2D eigenvalue weighted by Gasteiger charge is 2.80. The van der Waals surface area contributed by atoms with Crippen molar-refractivity contribution in [1.82, 2.24) is 4.90 Å². The second-order valence-electron chi connectivity index (χ2n) is 9.76. The average molecular weight is 457 g/mol. The Bertz CT molecular complexity index is 1040. The van der Waals surface area contributed by atoms with Crippen LogP contribution in [0.3, 0.4) is 0 Å². The molecule has 5 rings (SSSR count). The predicted molar refractivity (Wildman–Crippen MR) is 121 cm³/mol. The third-order valence-electron chi connectivity index (χ3n) is 8.62. The Hall–Kier alpha value is -2.58. The molecule has 0 amide bonds. The molecular formula is C25H32N2O6. The largest absolute Gasteiger partial charge is 0.497 e. The minimum Gasteiger partial charge on any atom is -0.497 e. The second kappa shape index (κ2) is 7.21. The molecule has 3 aliphatic heterocycles. The normalized spacial score (nSPS) is 38.4. The summed E-state index contributed by atoms with van der Waals surface area (Å²) < 4.78 is 16.6. The fraction of sp³-hybridized carbons (Fsp3) is 0.600. The van der Waals surface area contributed by atoms with E-state index >= 15 is 0 Å². The van der Waals surface area contributed by atoms with E-state index in [0.29, 0.717) is 12.2 Å². The molecule has 8 nitrogen and oxygen atoms in total. The summed E-state index contributed by atoms with van der Waals surface area (Å²) in [7, 11) is 4.77. The average Bonchev–Trinajstić information content (AvgIpc) is 3.32. The fourth-order valence-corrected chi connectivity index (χ4v) is 7.68. The first kappa shape index (κ1) is 22.2. The second-order valence-corrected chi connectivity index (χ2v) is 9.76. The topological polar surface area (TPSA) is 88.5 Å². The van der Waals surface area contributed by atoms with Crippen molar-refractivity contribution in [3.63, 3.8) is 0 Å². The predicted octanol–water partition coefficient (Wildman–Crippen LogP) is 1.64. The first-order chi connectivity index (χ1) is 15.7. The number of nitrogens with zero attached hydrogens (tertiary/aromatic N) is 2. The molecule has 0 radical (unpaired) electrons. The number of carbonyl (C=O) groups excluding carboxylic acids is 2. The molecule has 2 fully saturated rings. The Balaban J connectivity index is 1.86. The number of hydrogen-bond donors (Lipinski definition) is 1. The van der Waals surface area contributed by atoms with Crippen LogP contribution in [-0.4, -0.2) is 80.1 Å². The van der Waals surface area contributed by atoms with Crippen LogP contribution in [0.1, 0.15) is 32.3 Å². The molecule has 1 spiro atoms. The molecule has 178 valence electrons. The van der Waals surface area contributed by atoms with E-state index in [9.17, 15) is 14.7 Å². The summed E-state index contributed by atoms with van der Waals surface area (Å²) in [5.74, 6) is -0.617. The van der Waals surface area contributed by atoms with Crippen molar-refractivity contribution < 1.29 is 28.9 Å². The quantitative estimate of drug-likeness (QED) is 0.541. The van der Waals surface area contributed by atoms with Crippen molar-refractivity contribution in [2.24, 2.45) is 5.41 Å². The number of hydrogen-bond acceptors (Lipinski definition) is 8. The Morgan fingerprint density at radius 3 is 2.64 bits per heavy atom. The van der Waals surface area contributed by atoms with Crippen molar-refractivity contribution in [2.75, 3.05) is 39.3 Å². The number of anilines is 1. The highest BCUT2D eigenvalue weighted by Crippen LogP contribution is 2.67. The molecule has 3 heterocycles. The van der Waals surface area contributed by atoms with Gasteiger partial charge in [-0.2, -0.15) is 0 Å². The summed E-state index contributed by atoms with van der Waals surface area (Å²) in [6.45, 7) is 4.94. The van der Waals surface area contributed by atoms with Gasteiger partial charge in [0.2, 0.25) is 5.60 Å². The summed E-state index contributed by atoms with van der Waals surface area (Å²) in [5, 5.41) is 12.5. The molecular weight excluding hydrogens is 424 g/mol. The lowest BCUT2D eigenvalue weighted by atomic mass is 9.47. The number of aliphatic hydroxyl groups is 1. The third kappa shape index (κ3) is 2.48. The SMILES string of the molecule is CC[C@]12C=CCN3CC[C@@]4(c5ccc(OC)cc5N(C)[C@H]4C(O)(C(=O)OC)[C@@H]1OC(C)=O)C32. The maximum absolute atomic E-state index is 13.5. The summed E-state index contributed by atoms with van der Waals surface area (Å²) >= 11 is 0. The van der Waals surface area contributed by atoms with E-state index in [2.05, 4.69) is 23.1 Å². The summed E-state index contributed by atoms with van der Waals surface area (Å²) in [4.78, 5) is 30.2. The molecule has 0 bridgehead atoms. The fourth-order valence-electron chi connectivity index (χ4n) is 7.68. The van der Waals surface area contributed by atoms with Gasteiger partial charge in [-0.05, 0) is 31.0 Å².